The second-order valence-electron chi connectivity index (χ2n) is 5.09. The summed E-state index contributed by atoms with van der Waals surface area (Å²) in [7, 11) is 0. The Hall–Kier alpha value is -1.81. The first-order valence-electron chi connectivity index (χ1n) is 6.79. The quantitative estimate of drug-likeness (QED) is 0.888. The fraction of sp³-hybridized carbons (Fsp3) is 0.400. The maximum absolute atomic E-state index is 5.56. The summed E-state index contributed by atoms with van der Waals surface area (Å²) in [5.41, 5.74) is 3.37. The van der Waals surface area contributed by atoms with Gasteiger partial charge >= 0.3 is 0 Å². The highest BCUT2D eigenvalue weighted by Gasteiger charge is 2.18. The molecule has 2 atom stereocenters. The second-order valence-corrected chi connectivity index (χ2v) is 5.09. The Bertz CT molecular complexity index is 507. The number of H-pyrrole nitrogens is 1. The van der Waals surface area contributed by atoms with Gasteiger partial charge in [-0.05, 0) is 43.5 Å². The minimum absolute atomic E-state index is 0.357. The highest BCUT2D eigenvalue weighted by molar-refractivity contribution is 5.62. The van der Waals surface area contributed by atoms with Crippen molar-refractivity contribution in [2.45, 2.75) is 31.9 Å². The van der Waals surface area contributed by atoms with Crippen LogP contribution in [-0.4, -0.2) is 29.0 Å². The first kappa shape index (κ1) is 12.2. The van der Waals surface area contributed by atoms with Crippen molar-refractivity contribution < 1.29 is 4.74 Å². The van der Waals surface area contributed by atoms with Crippen LogP contribution in [0.1, 0.15) is 19.8 Å². The van der Waals surface area contributed by atoms with Crippen LogP contribution < -0.4 is 5.32 Å². The van der Waals surface area contributed by atoms with Crippen molar-refractivity contribution in [1.82, 2.24) is 10.2 Å². The molecule has 2 unspecified atom stereocenters. The molecule has 2 heterocycles. The lowest BCUT2D eigenvalue weighted by Crippen LogP contribution is -2.32. The highest BCUT2D eigenvalue weighted by atomic mass is 16.5. The van der Waals surface area contributed by atoms with Gasteiger partial charge in [0.2, 0.25) is 0 Å². The standard InChI is InChI=1S/C15H19N3O/c1-11-10-14(7-9-19-11)17-13-4-2-12(3-5-13)15-6-8-16-18-15/h2-6,8,11,14,17H,7,9-10H2,1H3,(H,16,18). The van der Waals surface area contributed by atoms with E-state index in [9.17, 15) is 0 Å². The third kappa shape index (κ3) is 2.96. The van der Waals surface area contributed by atoms with Gasteiger partial charge in [0, 0.05) is 24.5 Å². The van der Waals surface area contributed by atoms with Crippen LogP contribution in [0.2, 0.25) is 0 Å². The molecule has 1 aromatic carbocycles. The number of hydrogen-bond donors (Lipinski definition) is 2. The summed E-state index contributed by atoms with van der Waals surface area (Å²) in [4.78, 5) is 0. The lowest BCUT2D eigenvalue weighted by Gasteiger charge is -2.28. The number of nitrogens with one attached hydrogen (secondary N) is 2. The molecule has 1 saturated heterocycles. The van der Waals surface area contributed by atoms with Crippen molar-refractivity contribution in [3.63, 3.8) is 0 Å². The van der Waals surface area contributed by atoms with E-state index in [4.69, 9.17) is 4.74 Å². The van der Waals surface area contributed by atoms with Crippen molar-refractivity contribution in [3.05, 3.63) is 36.5 Å². The molecule has 19 heavy (non-hydrogen) atoms. The monoisotopic (exact) mass is 257 g/mol. The lowest BCUT2D eigenvalue weighted by molar-refractivity contribution is 0.0232. The van der Waals surface area contributed by atoms with Crippen molar-refractivity contribution in [1.29, 1.82) is 0 Å². The maximum atomic E-state index is 5.56. The molecule has 0 saturated carbocycles. The van der Waals surface area contributed by atoms with Crippen molar-refractivity contribution >= 4 is 5.69 Å². The van der Waals surface area contributed by atoms with Crippen LogP contribution >= 0.6 is 0 Å². The molecule has 0 spiro atoms. The summed E-state index contributed by atoms with van der Waals surface area (Å²) in [6.07, 6.45) is 4.27. The van der Waals surface area contributed by atoms with Gasteiger partial charge < -0.3 is 10.1 Å². The largest absolute Gasteiger partial charge is 0.382 e. The van der Waals surface area contributed by atoms with Gasteiger partial charge in [-0.2, -0.15) is 5.10 Å². The summed E-state index contributed by atoms with van der Waals surface area (Å²) in [5.74, 6) is 0. The van der Waals surface area contributed by atoms with E-state index in [1.165, 1.54) is 5.69 Å². The van der Waals surface area contributed by atoms with E-state index in [0.29, 0.717) is 12.1 Å². The molecule has 3 rings (SSSR count). The number of rotatable bonds is 3. The molecule has 2 aromatic rings. The van der Waals surface area contributed by atoms with Crippen LogP contribution in [0.15, 0.2) is 36.5 Å². The zero-order valence-corrected chi connectivity index (χ0v) is 11.1. The van der Waals surface area contributed by atoms with Gasteiger partial charge in [0.15, 0.2) is 0 Å². The van der Waals surface area contributed by atoms with E-state index in [0.717, 1.165) is 30.7 Å². The fourth-order valence-electron chi connectivity index (χ4n) is 2.53. The summed E-state index contributed by atoms with van der Waals surface area (Å²) in [6, 6.07) is 11.0. The van der Waals surface area contributed by atoms with Gasteiger partial charge in [-0.1, -0.05) is 12.1 Å². The Morgan fingerprint density at radius 2 is 2.11 bits per heavy atom. The van der Waals surface area contributed by atoms with E-state index in [2.05, 4.69) is 46.7 Å². The van der Waals surface area contributed by atoms with Crippen LogP contribution in [0.5, 0.6) is 0 Å². The molecule has 2 N–H and O–H groups in total. The SMILES string of the molecule is CC1CC(Nc2ccc(-c3ccn[nH]3)cc2)CCO1. The van der Waals surface area contributed by atoms with Gasteiger partial charge in [0.25, 0.3) is 0 Å². The summed E-state index contributed by atoms with van der Waals surface area (Å²) >= 11 is 0. The average molecular weight is 257 g/mol. The molecule has 4 heteroatoms. The number of nitrogens with zero attached hydrogens (tertiary/aromatic N) is 1. The molecule has 1 aliphatic rings. The van der Waals surface area contributed by atoms with Crippen LogP contribution in [0.4, 0.5) is 5.69 Å². The van der Waals surface area contributed by atoms with Gasteiger partial charge in [0.05, 0.1) is 11.8 Å². The summed E-state index contributed by atoms with van der Waals surface area (Å²) in [5, 5.41) is 10.5. The molecule has 1 aliphatic heterocycles. The molecule has 4 nitrogen and oxygen atoms in total. The molecule has 0 radical (unpaired) electrons. The van der Waals surface area contributed by atoms with E-state index in [-0.39, 0.29) is 0 Å². The molecule has 0 amide bonds. The lowest BCUT2D eigenvalue weighted by atomic mass is 10.0. The number of benzene rings is 1. The van der Waals surface area contributed by atoms with Crippen molar-refractivity contribution in [2.24, 2.45) is 0 Å². The summed E-state index contributed by atoms with van der Waals surface area (Å²) in [6.45, 7) is 2.99. The maximum Gasteiger partial charge on any atom is 0.0650 e. The van der Waals surface area contributed by atoms with Crippen LogP contribution in [-0.2, 0) is 4.74 Å². The predicted molar refractivity (Wildman–Crippen MR) is 76.1 cm³/mol. The minimum atomic E-state index is 0.357. The van der Waals surface area contributed by atoms with Crippen LogP contribution in [0.25, 0.3) is 11.3 Å². The molecule has 0 aliphatic carbocycles. The van der Waals surface area contributed by atoms with E-state index in [1.807, 2.05) is 6.07 Å². The second kappa shape index (κ2) is 5.45. The van der Waals surface area contributed by atoms with Gasteiger partial charge in [-0.15, -0.1) is 0 Å². The number of aromatic nitrogens is 2. The van der Waals surface area contributed by atoms with E-state index < -0.39 is 0 Å². The Labute approximate surface area is 113 Å². The number of aromatic amines is 1. The zero-order chi connectivity index (χ0) is 13.1. The third-order valence-electron chi connectivity index (χ3n) is 3.55. The smallest absolute Gasteiger partial charge is 0.0650 e. The first-order valence-corrected chi connectivity index (χ1v) is 6.79. The Kier molecular flexibility index (Phi) is 3.51. The van der Waals surface area contributed by atoms with Gasteiger partial charge in [-0.25, -0.2) is 0 Å². The Morgan fingerprint density at radius 3 is 2.79 bits per heavy atom. The average Bonchev–Trinajstić information content (AvgIpc) is 2.94. The topological polar surface area (TPSA) is 49.9 Å². The van der Waals surface area contributed by atoms with Crippen molar-refractivity contribution in [3.8, 4) is 11.3 Å². The number of hydrogen-bond acceptors (Lipinski definition) is 3. The first-order chi connectivity index (χ1) is 9.31. The van der Waals surface area contributed by atoms with Crippen LogP contribution in [0, 0.1) is 0 Å². The Balaban J connectivity index is 1.66. The predicted octanol–water partition coefficient (Wildman–Crippen LogP) is 3.06. The Morgan fingerprint density at radius 1 is 1.26 bits per heavy atom. The molecule has 0 bridgehead atoms. The number of anilines is 1. The molecular formula is C15H19N3O. The fourth-order valence-corrected chi connectivity index (χ4v) is 2.53. The van der Waals surface area contributed by atoms with Gasteiger partial charge in [0.1, 0.15) is 0 Å². The number of ether oxygens (including phenoxy) is 1. The molecule has 100 valence electrons. The van der Waals surface area contributed by atoms with E-state index in [1.54, 1.807) is 6.20 Å². The molecule has 1 aromatic heterocycles. The zero-order valence-electron chi connectivity index (χ0n) is 11.1. The van der Waals surface area contributed by atoms with Crippen molar-refractivity contribution in [2.75, 3.05) is 11.9 Å². The normalized spacial score (nSPS) is 23.2. The molecule has 1 fully saturated rings. The summed E-state index contributed by atoms with van der Waals surface area (Å²) < 4.78 is 5.56. The van der Waals surface area contributed by atoms with Crippen LogP contribution in [0.3, 0.4) is 0 Å². The van der Waals surface area contributed by atoms with Gasteiger partial charge in [-0.3, -0.25) is 5.10 Å². The highest BCUT2D eigenvalue weighted by Crippen LogP contribution is 2.22. The van der Waals surface area contributed by atoms with E-state index >= 15 is 0 Å². The minimum Gasteiger partial charge on any atom is -0.382 e. The third-order valence-corrected chi connectivity index (χ3v) is 3.55. The molecular weight excluding hydrogens is 238 g/mol.